The van der Waals surface area contributed by atoms with Gasteiger partial charge in [0.05, 0.1) is 16.3 Å². The Morgan fingerprint density at radius 1 is 0.839 bits per heavy atom. The summed E-state index contributed by atoms with van der Waals surface area (Å²) >= 11 is 0. The van der Waals surface area contributed by atoms with Gasteiger partial charge in [-0.25, -0.2) is 0 Å². The van der Waals surface area contributed by atoms with Crippen molar-refractivity contribution >= 4 is 44.4 Å². The van der Waals surface area contributed by atoms with E-state index in [0.29, 0.717) is 17.1 Å². The number of ether oxygens (including phenoxy) is 1. The number of nitro benzene ring substituents is 1. The largest absolute Gasteiger partial charge is 0.461 e. The van der Waals surface area contributed by atoms with Crippen molar-refractivity contribution in [2.45, 2.75) is 6.10 Å². The molecule has 0 bridgehead atoms. The molecule has 4 aromatic rings. The Bertz CT molecular complexity index is 1420. The third-order valence-corrected chi connectivity index (χ3v) is 5.74. The molecule has 1 atom stereocenters. The van der Waals surface area contributed by atoms with Gasteiger partial charge < -0.3 is 15.4 Å². The van der Waals surface area contributed by atoms with Crippen LogP contribution in [0.25, 0.3) is 21.5 Å². The Morgan fingerprint density at radius 2 is 1.52 bits per heavy atom. The molecule has 0 fully saturated rings. The minimum Gasteiger partial charge on any atom is -0.461 e. The van der Waals surface area contributed by atoms with E-state index in [0.717, 1.165) is 27.1 Å². The molecule has 0 saturated carbocycles. The summed E-state index contributed by atoms with van der Waals surface area (Å²) in [5.74, 6) is 0.0908. The molecule has 2 aliphatic heterocycles. The first kappa shape index (κ1) is 17.5. The molecular formula is C24H15N3O4. The zero-order valence-corrected chi connectivity index (χ0v) is 16.1. The van der Waals surface area contributed by atoms with Gasteiger partial charge in [-0.3, -0.25) is 14.9 Å². The van der Waals surface area contributed by atoms with E-state index in [2.05, 4.69) is 16.7 Å². The summed E-state index contributed by atoms with van der Waals surface area (Å²) in [7, 11) is 0. The highest BCUT2D eigenvalue weighted by atomic mass is 16.6. The number of hydrogen-bond acceptors (Lipinski definition) is 6. The number of nitrogens with one attached hydrogen (secondary N) is 2. The van der Waals surface area contributed by atoms with E-state index >= 15 is 0 Å². The number of Topliss-reactive ketones (excluding diaryl/α,β-unsaturated/α-hetero) is 1. The molecule has 2 heterocycles. The number of nitrogens with zero attached hydrogens (tertiary/aromatic N) is 1. The molecular weight excluding hydrogens is 394 g/mol. The van der Waals surface area contributed by atoms with Gasteiger partial charge in [0.2, 0.25) is 11.7 Å². The van der Waals surface area contributed by atoms with Crippen molar-refractivity contribution in [3.63, 3.8) is 0 Å². The van der Waals surface area contributed by atoms with Gasteiger partial charge in [-0.05, 0) is 33.7 Å². The summed E-state index contributed by atoms with van der Waals surface area (Å²) < 4.78 is 6.12. The molecule has 0 aliphatic carbocycles. The van der Waals surface area contributed by atoms with E-state index in [-0.39, 0.29) is 17.4 Å². The molecule has 150 valence electrons. The molecule has 0 unspecified atom stereocenters. The van der Waals surface area contributed by atoms with Crippen molar-refractivity contribution in [2.75, 3.05) is 10.6 Å². The number of fused-ring (bicyclic) bond motifs is 3. The SMILES string of the molecule is O=C1C2=C(Nc3cc([N+](=O)[O-])ccc3N2)O[C@@H]1c1c2ccccc2cc2ccccc12. The maximum absolute atomic E-state index is 13.4. The van der Waals surface area contributed by atoms with Crippen LogP contribution in [0, 0.1) is 10.1 Å². The van der Waals surface area contributed by atoms with Crippen molar-refractivity contribution in [3.8, 4) is 0 Å². The summed E-state index contributed by atoms with van der Waals surface area (Å²) in [6.07, 6.45) is -0.828. The number of carbonyl (C=O) groups is 1. The van der Waals surface area contributed by atoms with Crippen LogP contribution in [0.5, 0.6) is 0 Å². The summed E-state index contributed by atoms with van der Waals surface area (Å²) in [6, 6.07) is 22.3. The molecule has 0 radical (unpaired) electrons. The van der Waals surface area contributed by atoms with Crippen LogP contribution in [-0.4, -0.2) is 10.7 Å². The van der Waals surface area contributed by atoms with Crippen LogP contribution in [0.1, 0.15) is 11.7 Å². The number of ketones is 1. The first-order valence-electron chi connectivity index (χ1n) is 9.78. The van der Waals surface area contributed by atoms with Crippen LogP contribution >= 0.6 is 0 Å². The van der Waals surface area contributed by atoms with E-state index in [4.69, 9.17) is 4.74 Å². The van der Waals surface area contributed by atoms with Crippen LogP contribution in [-0.2, 0) is 9.53 Å². The third kappa shape index (κ3) is 2.56. The fourth-order valence-electron chi connectivity index (χ4n) is 4.32. The maximum Gasteiger partial charge on any atom is 0.271 e. The zero-order valence-electron chi connectivity index (χ0n) is 16.1. The van der Waals surface area contributed by atoms with Gasteiger partial charge in [0.15, 0.2) is 6.10 Å². The Balaban J connectivity index is 1.47. The van der Waals surface area contributed by atoms with Crippen LogP contribution in [0.15, 0.2) is 84.4 Å². The van der Waals surface area contributed by atoms with Gasteiger partial charge >= 0.3 is 0 Å². The van der Waals surface area contributed by atoms with Crippen molar-refractivity contribution in [2.24, 2.45) is 0 Å². The number of rotatable bonds is 2. The Labute approximate surface area is 176 Å². The molecule has 2 aliphatic rings. The number of nitro groups is 1. The molecule has 2 N–H and O–H groups in total. The molecule has 7 heteroatoms. The molecule has 7 nitrogen and oxygen atoms in total. The van der Waals surface area contributed by atoms with E-state index in [9.17, 15) is 14.9 Å². The first-order chi connectivity index (χ1) is 15.1. The first-order valence-corrected chi connectivity index (χ1v) is 9.78. The Hall–Kier alpha value is -4.39. The van der Waals surface area contributed by atoms with Gasteiger partial charge in [0.25, 0.3) is 5.69 Å². The number of carbonyl (C=O) groups excluding carboxylic acids is 1. The van der Waals surface area contributed by atoms with Crippen molar-refractivity contribution in [1.29, 1.82) is 0 Å². The highest BCUT2D eigenvalue weighted by Crippen LogP contribution is 2.44. The average molecular weight is 409 g/mol. The normalized spacial score (nSPS) is 17.0. The van der Waals surface area contributed by atoms with E-state index < -0.39 is 11.0 Å². The van der Waals surface area contributed by atoms with Gasteiger partial charge in [-0.2, -0.15) is 0 Å². The lowest BCUT2D eigenvalue weighted by Gasteiger charge is -2.20. The van der Waals surface area contributed by atoms with Gasteiger partial charge in [-0.1, -0.05) is 48.5 Å². The van der Waals surface area contributed by atoms with Crippen molar-refractivity contribution < 1.29 is 14.5 Å². The van der Waals surface area contributed by atoms with Gasteiger partial charge in [-0.15, -0.1) is 0 Å². The maximum atomic E-state index is 13.4. The highest BCUT2D eigenvalue weighted by molar-refractivity contribution is 6.12. The quantitative estimate of drug-likeness (QED) is 0.267. The number of anilines is 2. The number of non-ortho nitro benzene ring substituents is 1. The minimum atomic E-state index is -0.828. The summed E-state index contributed by atoms with van der Waals surface area (Å²) in [5.41, 5.74) is 2.17. The second kappa shape index (κ2) is 6.30. The predicted octanol–water partition coefficient (Wildman–Crippen LogP) is 5.25. The minimum absolute atomic E-state index is 0.0435. The Morgan fingerprint density at radius 3 is 2.19 bits per heavy atom. The summed E-state index contributed by atoms with van der Waals surface area (Å²) in [5, 5.41) is 21.2. The van der Waals surface area contributed by atoms with Crippen LogP contribution in [0.3, 0.4) is 0 Å². The highest BCUT2D eigenvalue weighted by Gasteiger charge is 2.40. The van der Waals surface area contributed by atoms with E-state index in [1.807, 2.05) is 48.5 Å². The second-order valence-corrected chi connectivity index (χ2v) is 7.54. The van der Waals surface area contributed by atoms with Crippen molar-refractivity contribution in [1.82, 2.24) is 0 Å². The molecule has 0 amide bonds. The predicted molar refractivity (Wildman–Crippen MR) is 118 cm³/mol. The molecule has 0 aromatic heterocycles. The fourth-order valence-corrected chi connectivity index (χ4v) is 4.32. The monoisotopic (exact) mass is 409 g/mol. The van der Waals surface area contributed by atoms with Gasteiger partial charge in [0.1, 0.15) is 5.70 Å². The third-order valence-electron chi connectivity index (χ3n) is 5.74. The lowest BCUT2D eigenvalue weighted by Crippen LogP contribution is -2.18. The summed E-state index contributed by atoms with van der Waals surface area (Å²) in [6.45, 7) is 0. The molecule has 0 spiro atoms. The molecule has 0 saturated heterocycles. The lowest BCUT2D eigenvalue weighted by atomic mass is 9.91. The molecule has 6 rings (SSSR count). The molecule has 31 heavy (non-hydrogen) atoms. The van der Waals surface area contributed by atoms with Crippen LogP contribution in [0.4, 0.5) is 17.1 Å². The smallest absolute Gasteiger partial charge is 0.271 e. The standard InChI is InChI=1S/C24H15N3O4/c28-22-21-24(26-19-12-15(27(29)30)9-10-18(19)25-21)31-23(22)20-16-7-3-1-5-13(16)11-14-6-2-4-8-17(14)20/h1-12,23,25-26H/t23-/m1/s1. The fraction of sp³-hybridized carbons (Fsp3) is 0.0417. The van der Waals surface area contributed by atoms with Crippen LogP contribution < -0.4 is 10.6 Å². The van der Waals surface area contributed by atoms with E-state index in [1.165, 1.54) is 12.1 Å². The topological polar surface area (TPSA) is 93.5 Å². The zero-order chi connectivity index (χ0) is 21.1. The number of hydrogen-bond donors (Lipinski definition) is 2. The average Bonchev–Trinajstić information content (AvgIpc) is 3.10. The van der Waals surface area contributed by atoms with Crippen molar-refractivity contribution in [3.05, 3.63) is 100 Å². The summed E-state index contributed by atoms with van der Waals surface area (Å²) in [4.78, 5) is 24.1. The lowest BCUT2D eigenvalue weighted by molar-refractivity contribution is -0.384. The van der Waals surface area contributed by atoms with Gasteiger partial charge in [0, 0.05) is 17.7 Å². The van der Waals surface area contributed by atoms with E-state index in [1.54, 1.807) is 6.07 Å². The Kier molecular flexibility index (Phi) is 3.55. The molecule has 4 aromatic carbocycles. The van der Waals surface area contributed by atoms with Crippen LogP contribution in [0.2, 0.25) is 0 Å². The second-order valence-electron chi connectivity index (χ2n) is 7.54. The number of benzene rings is 4.